The Morgan fingerprint density at radius 3 is 2.33 bits per heavy atom. The third-order valence-electron chi connectivity index (χ3n) is 4.59. The van der Waals surface area contributed by atoms with E-state index in [2.05, 4.69) is 20.8 Å². The Hall–Kier alpha value is -4.00. The lowest BCUT2D eigenvalue weighted by molar-refractivity contribution is -0.115. The Morgan fingerprint density at radius 2 is 1.60 bits per heavy atom. The molecule has 0 unspecified atom stereocenters. The summed E-state index contributed by atoms with van der Waals surface area (Å²) in [6, 6.07) is 18.5. The van der Waals surface area contributed by atoms with Crippen LogP contribution in [0.15, 0.2) is 66.9 Å². The predicted octanol–water partition coefficient (Wildman–Crippen LogP) is 3.78. The lowest BCUT2D eigenvalue weighted by atomic mass is 10.1. The van der Waals surface area contributed by atoms with Crippen LogP contribution in [0.3, 0.4) is 0 Å². The molecule has 30 heavy (non-hydrogen) atoms. The minimum absolute atomic E-state index is 0.0396. The fourth-order valence-corrected chi connectivity index (χ4v) is 3.31. The van der Waals surface area contributed by atoms with Gasteiger partial charge in [0.05, 0.1) is 12.0 Å². The van der Waals surface area contributed by atoms with Gasteiger partial charge in [-0.3, -0.25) is 14.0 Å². The molecular weight excluding hydrogens is 378 g/mol. The van der Waals surface area contributed by atoms with Crippen LogP contribution in [0.5, 0.6) is 0 Å². The van der Waals surface area contributed by atoms with E-state index in [0.29, 0.717) is 22.7 Å². The number of amides is 2. The second-order valence-electron chi connectivity index (χ2n) is 7.18. The largest absolute Gasteiger partial charge is 0.326 e. The first-order valence-electron chi connectivity index (χ1n) is 9.56. The smallest absolute Gasteiger partial charge is 0.257 e. The van der Waals surface area contributed by atoms with Gasteiger partial charge in [-0.05, 0) is 61.4 Å². The summed E-state index contributed by atoms with van der Waals surface area (Å²) in [5, 5.41) is 14.0. The molecule has 2 aromatic heterocycles. The fraction of sp³-hybridized carbons (Fsp3) is 0.130. The van der Waals surface area contributed by atoms with Gasteiger partial charge in [0.25, 0.3) is 5.91 Å². The van der Waals surface area contributed by atoms with Gasteiger partial charge in [0, 0.05) is 17.6 Å². The maximum Gasteiger partial charge on any atom is 0.257 e. The standard InChI is InChI=1S/C23H21N5O2/c1-15-10-16(2)12-19(11-15)24-22(29)13-21-27-26-20-9-8-17(14-28(20)21)23(30)25-18-6-4-3-5-7-18/h3-12,14H,13H2,1-2H3,(H,24,29)(H,25,30). The van der Waals surface area contributed by atoms with Gasteiger partial charge in [-0.1, -0.05) is 24.3 Å². The van der Waals surface area contributed by atoms with Crippen molar-refractivity contribution in [3.63, 3.8) is 0 Å². The molecule has 0 aliphatic rings. The molecule has 0 saturated carbocycles. The molecular formula is C23H21N5O2. The molecule has 4 aromatic rings. The number of aromatic nitrogens is 3. The average Bonchev–Trinajstić information content (AvgIpc) is 3.10. The van der Waals surface area contributed by atoms with Crippen molar-refractivity contribution in [3.05, 3.63) is 89.4 Å². The van der Waals surface area contributed by atoms with Crippen LogP contribution in [0.4, 0.5) is 11.4 Å². The van der Waals surface area contributed by atoms with E-state index in [0.717, 1.165) is 16.8 Å². The SMILES string of the molecule is Cc1cc(C)cc(NC(=O)Cc2nnc3ccc(C(=O)Nc4ccccc4)cn23)c1. The molecule has 0 spiro atoms. The van der Waals surface area contributed by atoms with Crippen molar-refractivity contribution in [1.82, 2.24) is 14.6 Å². The van der Waals surface area contributed by atoms with E-state index in [9.17, 15) is 9.59 Å². The monoisotopic (exact) mass is 399 g/mol. The highest BCUT2D eigenvalue weighted by Gasteiger charge is 2.14. The van der Waals surface area contributed by atoms with E-state index in [1.54, 1.807) is 22.7 Å². The second kappa shape index (κ2) is 8.16. The van der Waals surface area contributed by atoms with Crippen molar-refractivity contribution < 1.29 is 9.59 Å². The van der Waals surface area contributed by atoms with Crippen LogP contribution in [0, 0.1) is 13.8 Å². The van der Waals surface area contributed by atoms with Gasteiger partial charge in [-0.15, -0.1) is 10.2 Å². The van der Waals surface area contributed by atoms with Crippen LogP contribution in [0.2, 0.25) is 0 Å². The fourth-order valence-electron chi connectivity index (χ4n) is 3.31. The summed E-state index contributed by atoms with van der Waals surface area (Å²) in [7, 11) is 0. The van der Waals surface area contributed by atoms with Crippen molar-refractivity contribution in [3.8, 4) is 0 Å². The number of para-hydroxylation sites is 1. The van der Waals surface area contributed by atoms with Crippen molar-refractivity contribution >= 4 is 28.8 Å². The van der Waals surface area contributed by atoms with Crippen LogP contribution in [0.1, 0.15) is 27.3 Å². The molecule has 7 heteroatoms. The van der Waals surface area contributed by atoms with Crippen LogP contribution < -0.4 is 10.6 Å². The van der Waals surface area contributed by atoms with E-state index in [1.165, 1.54) is 0 Å². The van der Waals surface area contributed by atoms with Crippen LogP contribution >= 0.6 is 0 Å². The number of nitrogens with one attached hydrogen (secondary N) is 2. The van der Waals surface area contributed by atoms with Crippen LogP contribution in [0.25, 0.3) is 5.65 Å². The van der Waals surface area contributed by atoms with Crippen molar-refractivity contribution in [2.45, 2.75) is 20.3 Å². The number of aryl methyl sites for hydroxylation is 2. The first-order chi connectivity index (χ1) is 14.5. The summed E-state index contributed by atoms with van der Waals surface area (Å²) in [6.07, 6.45) is 1.69. The quantitative estimate of drug-likeness (QED) is 0.535. The Bertz CT molecular complexity index is 1210. The molecule has 0 atom stereocenters. The van der Waals surface area contributed by atoms with Gasteiger partial charge in [0.15, 0.2) is 5.65 Å². The third-order valence-corrected chi connectivity index (χ3v) is 4.59. The summed E-state index contributed by atoms with van der Waals surface area (Å²) < 4.78 is 1.67. The van der Waals surface area contributed by atoms with Gasteiger partial charge >= 0.3 is 0 Å². The average molecular weight is 399 g/mol. The number of anilines is 2. The molecule has 2 aromatic carbocycles. The highest BCUT2D eigenvalue weighted by atomic mass is 16.2. The van der Waals surface area contributed by atoms with Crippen LogP contribution in [-0.4, -0.2) is 26.4 Å². The summed E-state index contributed by atoms with van der Waals surface area (Å²) >= 11 is 0. The maximum absolute atomic E-state index is 12.6. The number of pyridine rings is 1. The third kappa shape index (κ3) is 4.35. The summed E-state index contributed by atoms with van der Waals surface area (Å²) in [5.74, 6) is 0.0112. The van der Waals surface area contributed by atoms with Gasteiger partial charge in [0.2, 0.25) is 5.91 Å². The lowest BCUT2D eigenvalue weighted by Crippen LogP contribution is -2.17. The minimum atomic E-state index is -0.248. The first-order valence-corrected chi connectivity index (χ1v) is 9.56. The molecule has 0 radical (unpaired) electrons. The Balaban J connectivity index is 1.52. The van der Waals surface area contributed by atoms with E-state index < -0.39 is 0 Å². The van der Waals surface area contributed by atoms with Gasteiger partial charge in [0.1, 0.15) is 5.82 Å². The van der Waals surface area contributed by atoms with Gasteiger partial charge < -0.3 is 10.6 Å². The highest BCUT2D eigenvalue weighted by Crippen LogP contribution is 2.15. The first kappa shape index (κ1) is 19.3. The molecule has 0 bridgehead atoms. The van der Waals surface area contributed by atoms with E-state index in [4.69, 9.17) is 0 Å². The zero-order chi connectivity index (χ0) is 21.1. The van der Waals surface area contributed by atoms with Gasteiger partial charge in [-0.2, -0.15) is 0 Å². The van der Waals surface area contributed by atoms with E-state index >= 15 is 0 Å². The molecule has 0 saturated heterocycles. The van der Waals surface area contributed by atoms with Gasteiger partial charge in [-0.25, -0.2) is 0 Å². The number of carbonyl (C=O) groups is 2. The number of fused-ring (bicyclic) bond motifs is 1. The molecule has 0 aliphatic carbocycles. The van der Waals surface area contributed by atoms with Crippen molar-refractivity contribution in [2.24, 2.45) is 0 Å². The predicted molar refractivity (Wildman–Crippen MR) is 116 cm³/mol. The van der Waals surface area contributed by atoms with Crippen molar-refractivity contribution in [1.29, 1.82) is 0 Å². The number of nitrogens with zero attached hydrogens (tertiary/aromatic N) is 3. The second-order valence-corrected chi connectivity index (χ2v) is 7.18. The summed E-state index contributed by atoms with van der Waals surface area (Å²) in [5.41, 5.74) is 4.62. The minimum Gasteiger partial charge on any atom is -0.326 e. The molecule has 2 N–H and O–H groups in total. The highest BCUT2D eigenvalue weighted by molar-refractivity contribution is 6.04. The molecule has 7 nitrogen and oxygen atoms in total. The number of benzene rings is 2. The number of carbonyl (C=O) groups excluding carboxylic acids is 2. The molecule has 0 fully saturated rings. The maximum atomic E-state index is 12.6. The topological polar surface area (TPSA) is 88.4 Å². The molecule has 2 heterocycles. The molecule has 150 valence electrons. The van der Waals surface area contributed by atoms with Crippen LogP contribution in [-0.2, 0) is 11.2 Å². The zero-order valence-corrected chi connectivity index (χ0v) is 16.7. The zero-order valence-electron chi connectivity index (χ0n) is 16.7. The number of hydrogen-bond donors (Lipinski definition) is 2. The number of hydrogen-bond acceptors (Lipinski definition) is 4. The summed E-state index contributed by atoms with van der Waals surface area (Å²) in [4.78, 5) is 25.1. The van der Waals surface area contributed by atoms with Crippen molar-refractivity contribution in [2.75, 3.05) is 10.6 Å². The molecule has 0 aliphatic heterocycles. The molecule has 4 rings (SSSR count). The normalized spacial score (nSPS) is 10.7. The Kier molecular flexibility index (Phi) is 5.26. The summed E-state index contributed by atoms with van der Waals surface area (Å²) in [6.45, 7) is 3.97. The number of rotatable bonds is 5. The molecule has 2 amide bonds. The lowest BCUT2D eigenvalue weighted by Gasteiger charge is -2.08. The van der Waals surface area contributed by atoms with E-state index in [-0.39, 0.29) is 18.2 Å². The van der Waals surface area contributed by atoms with E-state index in [1.807, 2.05) is 62.4 Å². The Morgan fingerprint density at radius 1 is 0.867 bits per heavy atom. The Labute approximate surface area is 173 Å².